The summed E-state index contributed by atoms with van der Waals surface area (Å²) >= 11 is 0. The molecule has 1 N–H and O–H groups in total. The molecule has 20 heavy (non-hydrogen) atoms. The van der Waals surface area contributed by atoms with Gasteiger partial charge in [0, 0.05) is 11.6 Å². The molecular formula is C16H23NO3. The van der Waals surface area contributed by atoms with Crippen molar-refractivity contribution in [2.75, 3.05) is 13.7 Å². The van der Waals surface area contributed by atoms with Gasteiger partial charge in [0.2, 0.25) is 0 Å². The van der Waals surface area contributed by atoms with Gasteiger partial charge in [-0.15, -0.1) is 0 Å². The number of carbonyl (C=O) groups excluding carboxylic acids is 1. The summed E-state index contributed by atoms with van der Waals surface area (Å²) in [5, 5.41) is 3.00. The molecule has 4 heteroatoms. The van der Waals surface area contributed by atoms with Crippen molar-refractivity contribution < 1.29 is 14.3 Å². The van der Waals surface area contributed by atoms with Gasteiger partial charge in [0.15, 0.2) is 11.5 Å². The summed E-state index contributed by atoms with van der Waals surface area (Å²) in [6.45, 7) is 8.11. The molecule has 0 aliphatic rings. The van der Waals surface area contributed by atoms with Gasteiger partial charge in [0.25, 0.3) is 5.91 Å². The van der Waals surface area contributed by atoms with Crippen molar-refractivity contribution in [3.05, 3.63) is 36.4 Å². The van der Waals surface area contributed by atoms with Crippen molar-refractivity contribution >= 4 is 5.91 Å². The van der Waals surface area contributed by atoms with Crippen molar-refractivity contribution in [3.8, 4) is 11.5 Å². The van der Waals surface area contributed by atoms with E-state index in [0.717, 1.165) is 12.8 Å². The average Bonchev–Trinajstić information content (AvgIpc) is 2.49. The average molecular weight is 277 g/mol. The SMILES string of the molecule is C=CCOc1ccc(C(=O)NC(CC)CC)cc1OC. The molecule has 1 aromatic carbocycles. The van der Waals surface area contributed by atoms with Crippen LogP contribution < -0.4 is 14.8 Å². The van der Waals surface area contributed by atoms with E-state index < -0.39 is 0 Å². The maximum Gasteiger partial charge on any atom is 0.251 e. The van der Waals surface area contributed by atoms with E-state index in [9.17, 15) is 4.79 Å². The molecule has 0 heterocycles. The predicted octanol–water partition coefficient (Wildman–Crippen LogP) is 3.18. The van der Waals surface area contributed by atoms with Crippen LogP contribution in [0.2, 0.25) is 0 Å². The molecule has 0 bridgehead atoms. The predicted molar refractivity (Wildman–Crippen MR) is 80.5 cm³/mol. The summed E-state index contributed by atoms with van der Waals surface area (Å²) < 4.78 is 10.7. The maximum absolute atomic E-state index is 12.1. The molecule has 1 amide bonds. The highest BCUT2D eigenvalue weighted by Crippen LogP contribution is 2.28. The number of methoxy groups -OCH3 is 1. The Kier molecular flexibility index (Phi) is 6.64. The molecule has 0 saturated heterocycles. The fourth-order valence-corrected chi connectivity index (χ4v) is 1.84. The third kappa shape index (κ3) is 4.30. The second kappa shape index (κ2) is 8.25. The summed E-state index contributed by atoms with van der Waals surface area (Å²) in [6, 6.07) is 5.36. The van der Waals surface area contributed by atoms with Crippen molar-refractivity contribution in [1.82, 2.24) is 5.32 Å². The second-order valence-electron chi connectivity index (χ2n) is 4.45. The summed E-state index contributed by atoms with van der Waals surface area (Å²) in [5.74, 6) is 1.06. The molecule has 1 rings (SSSR count). The smallest absolute Gasteiger partial charge is 0.251 e. The third-order valence-electron chi connectivity index (χ3n) is 3.10. The van der Waals surface area contributed by atoms with E-state index in [1.54, 1.807) is 31.4 Å². The fourth-order valence-electron chi connectivity index (χ4n) is 1.84. The Morgan fingerprint density at radius 1 is 1.35 bits per heavy atom. The third-order valence-corrected chi connectivity index (χ3v) is 3.10. The Hall–Kier alpha value is -1.97. The Morgan fingerprint density at radius 2 is 2.05 bits per heavy atom. The van der Waals surface area contributed by atoms with Gasteiger partial charge in [-0.25, -0.2) is 0 Å². The van der Waals surface area contributed by atoms with Crippen LogP contribution in [0.1, 0.15) is 37.0 Å². The van der Waals surface area contributed by atoms with Gasteiger partial charge in [0.1, 0.15) is 6.61 Å². The lowest BCUT2D eigenvalue weighted by atomic mass is 10.1. The Labute approximate surface area is 120 Å². The zero-order valence-electron chi connectivity index (χ0n) is 12.4. The lowest BCUT2D eigenvalue weighted by molar-refractivity contribution is 0.0934. The van der Waals surface area contributed by atoms with Crippen LogP contribution in [0, 0.1) is 0 Å². The summed E-state index contributed by atoms with van der Waals surface area (Å²) in [7, 11) is 1.55. The number of amides is 1. The molecule has 0 atom stereocenters. The van der Waals surface area contributed by atoms with E-state index >= 15 is 0 Å². The van der Waals surface area contributed by atoms with Gasteiger partial charge in [-0.2, -0.15) is 0 Å². The van der Waals surface area contributed by atoms with Crippen LogP contribution in [0.5, 0.6) is 11.5 Å². The maximum atomic E-state index is 12.1. The molecule has 0 aliphatic carbocycles. The Balaban J connectivity index is 2.85. The Bertz CT molecular complexity index is 453. The summed E-state index contributed by atoms with van der Waals surface area (Å²) in [4.78, 5) is 12.1. The standard InChI is InChI=1S/C16H23NO3/c1-5-10-20-14-9-8-12(11-15(14)19-4)16(18)17-13(6-2)7-3/h5,8-9,11,13H,1,6-7,10H2,2-4H3,(H,17,18). The number of carbonyl (C=O) groups is 1. The number of rotatable bonds is 8. The first-order valence-corrected chi connectivity index (χ1v) is 6.88. The highest BCUT2D eigenvalue weighted by Gasteiger charge is 2.13. The number of hydrogen-bond acceptors (Lipinski definition) is 3. The van der Waals surface area contributed by atoms with Crippen molar-refractivity contribution in [2.24, 2.45) is 0 Å². The van der Waals surface area contributed by atoms with Gasteiger partial charge in [-0.1, -0.05) is 26.5 Å². The Morgan fingerprint density at radius 3 is 2.60 bits per heavy atom. The number of hydrogen-bond donors (Lipinski definition) is 1. The molecule has 0 saturated carbocycles. The summed E-state index contributed by atoms with van der Waals surface area (Å²) in [6.07, 6.45) is 3.49. The molecule has 0 aromatic heterocycles. The molecule has 110 valence electrons. The molecule has 0 radical (unpaired) electrons. The zero-order chi connectivity index (χ0) is 15.0. The van der Waals surface area contributed by atoms with Gasteiger partial charge in [0.05, 0.1) is 7.11 Å². The number of nitrogens with one attached hydrogen (secondary N) is 1. The monoisotopic (exact) mass is 277 g/mol. The topological polar surface area (TPSA) is 47.6 Å². The minimum atomic E-state index is -0.0905. The van der Waals surface area contributed by atoms with Crippen LogP contribution in [0.25, 0.3) is 0 Å². The number of ether oxygens (including phenoxy) is 2. The van der Waals surface area contributed by atoms with Crippen LogP contribution >= 0.6 is 0 Å². The van der Waals surface area contributed by atoms with E-state index in [1.807, 2.05) is 0 Å². The van der Waals surface area contributed by atoms with E-state index in [2.05, 4.69) is 25.7 Å². The van der Waals surface area contributed by atoms with Crippen molar-refractivity contribution in [2.45, 2.75) is 32.7 Å². The normalized spacial score (nSPS) is 10.2. The second-order valence-corrected chi connectivity index (χ2v) is 4.45. The van der Waals surface area contributed by atoms with E-state index in [-0.39, 0.29) is 11.9 Å². The van der Waals surface area contributed by atoms with Crippen LogP contribution in [-0.2, 0) is 0 Å². The summed E-state index contributed by atoms with van der Waals surface area (Å²) in [5.41, 5.74) is 0.569. The molecule has 0 aliphatic heterocycles. The van der Waals surface area contributed by atoms with Crippen molar-refractivity contribution in [3.63, 3.8) is 0 Å². The van der Waals surface area contributed by atoms with Gasteiger partial charge in [-0.05, 0) is 31.0 Å². The molecule has 0 unspecified atom stereocenters. The first-order valence-electron chi connectivity index (χ1n) is 6.88. The molecule has 1 aromatic rings. The number of benzene rings is 1. The highest BCUT2D eigenvalue weighted by atomic mass is 16.5. The highest BCUT2D eigenvalue weighted by molar-refractivity contribution is 5.95. The largest absolute Gasteiger partial charge is 0.493 e. The quantitative estimate of drug-likeness (QED) is 0.742. The first-order chi connectivity index (χ1) is 9.65. The van der Waals surface area contributed by atoms with Gasteiger partial charge < -0.3 is 14.8 Å². The minimum absolute atomic E-state index is 0.0905. The van der Waals surface area contributed by atoms with Crippen LogP contribution in [0.4, 0.5) is 0 Å². The van der Waals surface area contributed by atoms with E-state index in [1.165, 1.54) is 0 Å². The van der Waals surface area contributed by atoms with Gasteiger partial charge >= 0.3 is 0 Å². The van der Waals surface area contributed by atoms with Crippen LogP contribution in [0.3, 0.4) is 0 Å². The molecule has 0 fully saturated rings. The van der Waals surface area contributed by atoms with E-state index in [4.69, 9.17) is 9.47 Å². The molecule has 0 spiro atoms. The first kappa shape index (κ1) is 16.1. The molecular weight excluding hydrogens is 254 g/mol. The minimum Gasteiger partial charge on any atom is -0.493 e. The lowest BCUT2D eigenvalue weighted by Crippen LogP contribution is -2.33. The van der Waals surface area contributed by atoms with E-state index in [0.29, 0.717) is 23.7 Å². The van der Waals surface area contributed by atoms with Crippen LogP contribution in [0.15, 0.2) is 30.9 Å². The van der Waals surface area contributed by atoms with Gasteiger partial charge in [-0.3, -0.25) is 4.79 Å². The van der Waals surface area contributed by atoms with Crippen LogP contribution in [-0.4, -0.2) is 25.7 Å². The lowest BCUT2D eigenvalue weighted by Gasteiger charge is -2.16. The fraction of sp³-hybridized carbons (Fsp3) is 0.438. The van der Waals surface area contributed by atoms with Crippen molar-refractivity contribution in [1.29, 1.82) is 0 Å². The molecule has 4 nitrogen and oxygen atoms in total. The zero-order valence-corrected chi connectivity index (χ0v) is 12.4.